The van der Waals surface area contributed by atoms with Gasteiger partial charge in [-0.25, -0.2) is 9.80 Å². The molecule has 3 fully saturated rings. The summed E-state index contributed by atoms with van der Waals surface area (Å²) in [6.45, 7) is 14.8. The zero-order chi connectivity index (χ0) is 42.4. The molecule has 17 heteroatoms. The topological polar surface area (TPSA) is 184 Å². The van der Waals surface area contributed by atoms with E-state index in [9.17, 15) is 24.7 Å². The molecule has 13 atom stereocenters. The van der Waals surface area contributed by atoms with E-state index in [4.69, 9.17) is 23.7 Å². The third-order valence-corrected chi connectivity index (χ3v) is 13.1. The smallest absolute Gasteiger partial charge is 0.425 e. The Balaban J connectivity index is 1.40. The molecule has 1 N–H and O–H groups in total. The van der Waals surface area contributed by atoms with Crippen LogP contribution in [0.2, 0.25) is 0 Å². The summed E-state index contributed by atoms with van der Waals surface area (Å²) in [4.78, 5) is 46.1. The van der Waals surface area contributed by atoms with Gasteiger partial charge in [0.05, 0.1) is 30.3 Å². The van der Waals surface area contributed by atoms with Crippen LogP contribution in [0.25, 0.3) is 11.0 Å². The lowest BCUT2D eigenvalue weighted by atomic mass is 9.73. The van der Waals surface area contributed by atoms with E-state index < -0.39 is 83.4 Å². The van der Waals surface area contributed by atoms with Crippen LogP contribution in [-0.2, 0) is 39.8 Å². The van der Waals surface area contributed by atoms with Crippen LogP contribution in [-0.4, -0.2) is 152 Å². The predicted molar refractivity (Wildman–Crippen MR) is 212 cm³/mol. The number of hydrogen-bond acceptors (Lipinski definition) is 14. The van der Waals surface area contributed by atoms with E-state index in [1.54, 1.807) is 23.7 Å². The first-order chi connectivity index (χ1) is 27.3. The highest BCUT2D eigenvalue weighted by Gasteiger charge is 2.63. The van der Waals surface area contributed by atoms with Crippen LogP contribution in [0.3, 0.4) is 0 Å². The first kappa shape index (κ1) is 43.8. The van der Waals surface area contributed by atoms with Gasteiger partial charge in [-0.3, -0.25) is 9.59 Å². The zero-order valence-electron chi connectivity index (χ0n) is 35.9. The Morgan fingerprint density at radius 3 is 2.29 bits per heavy atom. The summed E-state index contributed by atoms with van der Waals surface area (Å²) in [6, 6.07) is 6.52. The van der Waals surface area contributed by atoms with Crippen molar-refractivity contribution in [3.05, 3.63) is 29.5 Å². The van der Waals surface area contributed by atoms with E-state index in [0.29, 0.717) is 25.1 Å². The van der Waals surface area contributed by atoms with Crippen molar-refractivity contribution < 1.29 is 47.9 Å². The van der Waals surface area contributed by atoms with Gasteiger partial charge in [-0.2, -0.15) is 24.7 Å². The molecule has 6 rings (SSSR count). The van der Waals surface area contributed by atoms with Crippen LogP contribution in [0.5, 0.6) is 0 Å². The number of likely N-dealkylation sites (N-methyl/N-ethyl adjacent to an activating group) is 1. The van der Waals surface area contributed by atoms with Gasteiger partial charge in [-0.05, 0) is 79.6 Å². The van der Waals surface area contributed by atoms with Crippen LogP contribution in [0.1, 0.15) is 81.1 Å². The summed E-state index contributed by atoms with van der Waals surface area (Å²) >= 11 is 0. The Bertz CT molecular complexity index is 1820. The number of carbonyl (C=O) groups is 3. The maximum atomic E-state index is 14.6. The lowest BCUT2D eigenvalue weighted by Gasteiger charge is -2.47. The number of amides is 1. The highest BCUT2D eigenvalue weighted by molar-refractivity contribution is 6.00. The van der Waals surface area contributed by atoms with Gasteiger partial charge in [0.1, 0.15) is 35.2 Å². The first-order valence-corrected chi connectivity index (χ1v) is 20.7. The van der Waals surface area contributed by atoms with Crippen molar-refractivity contribution in [3.8, 4) is 0 Å². The van der Waals surface area contributed by atoms with Crippen molar-refractivity contribution in [3.63, 3.8) is 0 Å². The number of cyclic esters (lactones) is 1. The maximum absolute atomic E-state index is 14.6. The molecular formula is C41H63N7O10. The summed E-state index contributed by atoms with van der Waals surface area (Å²) in [5.74, 6) is -4.48. The summed E-state index contributed by atoms with van der Waals surface area (Å²) in [6.07, 6.45) is -3.56. The van der Waals surface area contributed by atoms with E-state index >= 15 is 0 Å². The molecule has 17 nitrogen and oxygen atoms in total. The SMILES string of the molecule is CC[C@H]1OC(=O)[C@H](C)C(=O)[C@H](C)[C@@H](O[C@@H]2O[C@H](C)C[C@H](N(C)C)[C@H]2O)[C@@](C)(OC)C[C@@H](C)C2=[N+]([O-])CN(CCCn3nc4ccccc4n3)N3C(=O)O[C@@]1(C)[C@H]3[C@H]2C. The summed E-state index contributed by atoms with van der Waals surface area (Å²) < 4.78 is 32.6. The Morgan fingerprint density at radius 2 is 1.69 bits per heavy atom. The standard InChI is InChI=1S/C41H63N7O10/c1-12-31-41(8)35-25(4)32(46(53)22-45(48(35)39(52)58-41)18-15-19-47-42-28-16-13-14-17-29(28)43-47)23(2)21-40(7,54-11)36(26(5)33(49)27(6)37(51)56-31)57-38-34(50)30(44(9)10)20-24(3)55-38/h13-14,16-17,23-27,30-31,34-36,38,50H,12,15,18-22H2,1-11H3/t23-,24-,25+,26+,27-,30+,31-,34-,35-,36-,38+,40+,41-/m1/s1. The number of nitrogens with zero attached hydrogens (tertiary/aromatic N) is 7. The molecule has 58 heavy (non-hydrogen) atoms. The van der Waals surface area contributed by atoms with Gasteiger partial charge >= 0.3 is 12.1 Å². The number of aryl methyl sites for hydroxylation is 1. The van der Waals surface area contributed by atoms with Crippen LogP contribution in [0, 0.1) is 28.9 Å². The number of ether oxygens (including phenoxy) is 5. The number of aliphatic hydroxyl groups excluding tert-OH is 1. The van der Waals surface area contributed by atoms with Crippen LogP contribution in [0.4, 0.5) is 4.79 Å². The molecule has 4 aliphatic rings. The average molecular weight is 814 g/mol. The number of aliphatic hydroxyl groups is 1. The second kappa shape index (κ2) is 17.1. The fourth-order valence-corrected chi connectivity index (χ4v) is 9.99. The van der Waals surface area contributed by atoms with Crippen molar-refractivity contribution in [2.24, 2.45) is 23.7 Å². The fraction of sp³-hybridized carbons (Fsp3) is 0.756. The Kier molecular flexibility index (Phi) is 12.9. The number of methoxy groups -OCH3 is 1. The molecule has 322 valence electrons. The average Bonchev–Trinajstić information content (AvgIpc) is 3.68. The molecule has 2 aromatic rings. The second-order valence-corrected chi connectivity index (χ2v) is 17.4. The van der Waals surface area contributed by atoms with Crippen molar-refractivity contribution >= 4 is 34.6 Å². The van der Waals surface area contributed by atoms with Gasteiger partial charge in [-0.15, -0.1) is 0 Å². The Hall–Kier alpha value is -3.74. The van der Waals surface area contributed by atoms with E-state index in [2.05, 4.69) is 10.2 Å². The van der Waals surface area contributed by atoms with Crippen LogP contribution < -0.4 is 0 Å². The molecule has 0 aliphatic carbocycles. The van der Waals surface area contributed by atoms with Gasteiger partial charge in [0.15, 0.2) is 23.4 Å². The zero-order valence-corrected chi connectivity index (χ0v) is 35.9. The van der Waals surface area contributed by atoms with Gasteiger partial charge in [0, 0.05) is 31.5 Å². The van der Waals surface area contributed by atoms with Crippen LogP contribution >= 0.6 is 0 Å². The molecule has 0 saturated carbocycles. The number of Topliss-reactive ketones (excluding diaryl/α,β-unsaturated/α-hetero) is 1. The van der Waals surface area contributed by atoms with Gasteiger partial charge in [0.2, 0.25) is 6.67 Å². The number of aromatic nitrogens is 3. The minimum atomic E-state index is -1.40. The Labute approximate surface area is 341 Å². The second-order valence-electron chi connectivity index (χ2n) is 17.4. The number of ketones is 1. The number of hydrogen-bond donors (Lipinski definition) is 1. The quantitative estimate of drug-likeness (QED) is 0.168. The lowest BCUT2D eigenvalue weighted by Crippen LogP contribution is -2.61. The van der Waals surface area contributed by atoms with Gasteiger partial charge in [0.25, 0.3) is 0 Å². The number of benzene rings is 1. The van der Waals surface area contributed by atoms with E-state index in [1.165, 1.54) is 19.0 Å². The number of esters is 1. The van der Waals surface area contributed by atoms with Crippen LogP contribution in [0.15, 0.2) is 24.3 Å². The van der Waals surface area contributed by atoms with Crippen molar-refractivity contribution in [2.45, 2.75) is 142 Å². The third-order valence-electron chi connectivity index (χ3n) is 13.1. The first-order valence-electron chi connectivity index (χ1n) is 20.7. The van der Waals surface area contributed by atoms with E-state index in [1.807, 2.05) is 77.9 Å². The van der Waals surface area contributed by atoms with Crippen molar-refractivity contribution in [1.82, 2.24) is 29.9 Å². The lowest BCUT2D eigenvalue weighted by molar-refractivity contribution is -0.494. The van der Waals surface area contributed by atoms with E-state index in [0.717, 1.165) is 15.8 Å². The highest BCUT2D eigenvalue weighted by atomic mass is 16.7. The number of rotatable bonds is 9. The minimum Gasteiger partial charge on any atom is -0.623 e. The molecule has 0 spiro atoms. The number of carbonyl (C=O) groups excluding carboxylic acids is 3. The summed E-state index contributed by atoms with van der Waals surface area (Å²) in [5, 5.41) is 38.5. The molecule has 1 aromatic carbocycles. The van der Waals surface area contributed by atoms with Gasteiger partial charge in [-0.1, -0.05) is 39.8 Å². The molecule has 1 amide bonds. The van der Waals surface area contributed by atoms with Gasteiger partial charge < -0.3 is 38.9 Å². The fourth-order valence-electron chi connectivity index (χ4n) is 9.99. The predicted octanol–water partition coefficient (Wildman–Crippen LogP) is 3.60. The third kappa shape index (κ3) is 8.09. The monoisotopic (exact) mass is 813 g/mol. The highest BCUT2D eigenvalue weighted by Crippen LogP contribution is 2.44. The Morgan fingerprint density at radius 1 is 1.03 bits per heavy atom. The van der Waals surface area contributed by atoms with Crippen molar-refractivity contribution in [1.29, 1.82) is 0 Å². The van der Waals surface area contributed by atoms with E-state index in [-0.39, 0.29) is 38.2 Å². The molecule has 2 bridgehead atoms. The number of hydrazine groups is 1. The molecule has 3 saturated heterocycles. The summed E-state index contributed by atoms with van der Waals surface area (Å²) in [5.41, 5.74) is -0.631. The number of hydroxylamine groups is 1. The molecular weight excluding hydrogens is 750 g/mol. The normalized spacial score (nSPS) is 38.2. The largest absolute Gasteiger partial charge is 0.623 e. The minimum absolute atomic E-state index is 0.182. The van der Waals surface area contributed by atoms with Crippen molar-refractivity contribution in [2.75, 3.05) is 34.4 Å². The molecule has 0 unspecified atom stereocenters. The molecule has 5 heterocycles. The molecule has 0 radical (unpaired) electrons. The number of fused-ring (bicyclic) bond motifs is 2. The molecule has 1 aromatic heterocycles. The summed E-state index contributed by atoms with van der Waals surface area (Å²) in [7, 11) is 5.28. The maximum Gasteiger partial charge on any atom is 0.425 e. The molecule has 4 aliphatic heterocycles.